The van der Waals surface area contributed by atoms with Gasteiger partial charge in [0.25, 0.3) is 0 Å². The fourth-order valence-corrected chi connectivity index (χ4v) is 2.19. The molecule has 0 N–H and O–H groups in total. The lowest BCUT2D eigenvalue weighted by Crippen LogP contribution is -1.95. The zero-order valence-electron chi connectivity index (χ0n) is 11.0. The molecule has 3 rings (SSSR count). The molecule has 3 aromatic rings. The number of hydrogen-bond acceptors (Lipinski definition) is 4. The molecule has 0 fully saturated rings. The van der Waals surface area contributed by atoms with Crippen molar-refractivity contribution < 1.29 is 14.1 Å². The molecular weight excluding hydrogens is 311 g/mol. The second-order valence-electron chi connectivity index (χ2n) is 4.44. The smallest absolute Gasteiger partial charge is 0.314 e. The van der Waals surface area contributed by atoms with Crippen molar-refractivity contribution in [2.45, 2.75) is 0 Å². The highest BCUT2D eigenvalue weighted by atomic mass is 35.5. The summed E-state index contributed by atoms with van der Waals surface area (Å²) >= 11 is 5.90. The minimum Gasteiger partial charge on any atom is -0.449 e. The van der Waals surface area contributed by atoms with Crippen molar-refractivity contribution in [2.75, 3.05) is 0 Å². The minimum atomic E-state index is -0.703. The summed E-state index contributed by atoms with van der Waals surface area (Å²) in [6.45, 7) is 0. The summed E-state index contributed by atoms with van der Waals surface area (Å²) in [5.41, 5.74) is 0.147. The van der Waals surface area contributed by atoms with Crippen molar-refractivity contribution in [3.8, 4) is 11.5 Å². The van der Waals surface area contributed by atoms with Gasteiger partial charge in [-0.15, -0.1) is 0 Å². The number of hydrogen-bond donors (Lipinski definition) is 0. The molecular formula is C15H8ClFN2O3. The van der Waals surface area contributed by atoms with Gasteiger partial charge in [0.2, 0.25) is 5.75 Å². The SMILES string of the molecule is O=[N+]([O-])c1cc(F)ccc1Oc1ccnc2cc(Cl)ccc12. The van der Waals surface area contributed by atoms with E-state index >= 15 is 0 Å². The molecule has 2 aromatic carbocycles. The van der Waals surface area contributed by atoms with E-state index in [0.29, 0.717) is 21.7 Å². The molecule has 0 saturated carbocycles. The second-order valence-corrected chi connectivity index (χ2v) is 4.88. The van der Waals surface area contributed by atoms with Crippen molar-refractivity contribution in [2.24, 2.45) is 0 Å². The number of fused-ring (bicyclic) bond motifs is 1. The fourth-order valence-electron chi connectivity index (χ4n) is 2.02. The van der Waals surface area contributed by atoms with E-state index in [-0.39, 0.29) is 5.75 Å². The predicted molar refractivity (Wildman–Crippen MR) is 79.9 cm³/mol. The van der Waals surface area contributed by atoms with E-state index in [4.69, 9.17) is 16.3 Å². The van der Waals surface area contributed by atoms with Crippen LogP contribution in [0, 0.1) is 15.9 Å². The average molecular weight is 319 g/mol. The van der Waals surface area contributed by atoms with Gasteiger partial charge in [-0.05, 0) is 36.4 Å². The van der Waals surface area contributed by atoms with Gasteiger partial charge in [0.15, 0.2) is 0 Å². The molecule has 0 atom stereocenters. The number of benzene rings is 2. The number of nitrogens with zero attached hydrogens (tertiary/aromatic N) is 2. The fraction of sp³-hybridized carbons (Fsp3) is 0. The molecule has 0 saturated heterocycles. The van der Waals surface area contributed by atoms with Crippen LogP contribution in [0.2, 0.25) is 5.02 Å². The number of nitro benzene ring substituents is 1. The Bertz CT molecular complexity index is 886. The van der Waals surface area contributed by atoms with E-state index in [0.717, 1.165) is 12.1 Å². The van der Waals surface area contributed by atoms with Crippen molar-refractivity contribution >= 4 is 28.2 Å². The highest BCUT2D eigenvalue weighted by molar-refractivity contribution is 6.31. The number of ether oxygens (including phenoxy) is 1. The van der Waals surface area contributed by atoms with Gasteiger partial charge in [0, 0.05) is 16.6 Å². The highest BCUT2D eigenvalue weighted by Crippen LogP contribution is 2.35. The van der Waals surface area contributed by atoms with Crippen LogP contribution in [-0.4, -0.2) is 9.91 Å². The van der Waals surface area contributed by atoms with Gasteiger partial charge in [-0.3, -0.25) is 15.1 Å². The number of pyridine rings is 1. The molecule has 1 heterocycles. The first-order chi connectivity index (χ1) is 10.5. The number of rotatable bonds is 3. The van der Waals surface area contributed by atoms with Crippen molar-refractivity contribution in [1.82, 2.24) is 4.98 Å². The normalized spacial score (nSPS) is 10.6. The van der Waals surface area contributed by atoms with E-state index in [1.807, 2.05) is 0 Å². The quantitative estimate of drug-likeness (QED) is 0.517. The summed E-state index contributed by atoms with van der Waals surface area (Å²) in [5.74, 6) is -0.379. The van der Waals surface area contributed by atoms with Crippen LogP contribution in [0.15, 0.2) is 48.7 Å². The molecule has 0 unspecified atom stereocenters. The molecule has 0 aliphatic carbocycles. The lowest BCUT2D eigenvalue weighted by atomic mass is 10.2. The van der Waals surface area contributed by atoms with Gasteiger partial charge in [-0.2, -0.15) is 0 Å². The topological polar surface area (TPSA) is 65.3 Å². The third kappa shape index (κ3) is 2.68. The molecule has 22 heavy (non-hydrogen) atoms. The third-order valence-corrected chi connectivity index (χ3v) is 3.24. The highest BCUT2D eigenvalue weighted by Gasteiger charge is 2.18. The van der Waals surface area contributed by atoms with Crippen LogP contribution in [0.4, 0.5) is 10.1 Å². The summed E-state index contributed by atoms with van der Waals surface area (Å²) in [4.78, 5) is 14.5. The van der Waals surface area contributed by atoms with E-state index in [1.165, 1.54) is 12.3 Å². The molecule has 110 valence electrons. The van der Waals surface area contributed by atoms with E-state index in [9.17, 15) is 14.5 Å². The Morgan fingerprint density at radius 2 is 1.95 bits per heavy atom. The summed E-state index contributed by atoms with van der Waals surface area (Å²) in [7, 11) is 0. The minimum absolute atomic E-state index is 0.0474. The number of nitro groups is 1. The van der Waals surface area contributed by atoms with Crippen LogP contribution in [-0.2, 0) is 0 Å². The molecule has 0 radical (unpaired) electrons. The lowest BCUT2D eigenvalue weighted by molar-refractivity contribution is -0.385. The maximum atomic E-state index is 13.2. The first-order valence-corrected chi connectivity index (χ1v) is 6.58. The Labute approximate surface area is 129 Å². The van der Waals surface area contributed by atoms with Crippen LogP contribution < -0.4 is 4.74 Å². The molecule has 7 heteroatoms. The maximum Gasteiger partial charge on any atom is 0.314 e. The molecule has 1 aromatic heterocycles. The molecule has 0 spiro atoms. The zero-order chi connectivity index (χ0) is 15.7. The van der Waals surface area contributed by atoms with Gasteiger partial charge < -0.3 is 4.74 Å². The van der Waals surface area contributed by atoms with Crippen LogP contribution in [0.1, 0.15) is 0 Å². The van der Waals surface area contributed by atoms with E-state index < -0.39 is 16.4 Å². The Morgan fingerprint density at radius 1 is 1.14 bits per heavy atom. The number of halogens is 2. The Hall–Kier alpha value is -2.73. The van der Waals surface area contributed by atoms with Crippen LogP contribution in [0.5, 0.6) is 11.5 Å². The molecule has 5 nitrogen and oxygen atoms in total. The summed E-state index contributed by atoms with van der Waals surface area (Å²) in [5, 5.41) is 12.2. The van der Waals surface area contributed by atoms with Gasteiger partial charge >= 0.3 is 5.69 Å². The van der Waals surface area contributed by atoms with Crippen LogP contribution >= 0.6 is 11.6 Å². The van der Waals surface area contributed by atoms with Crippen molar-refractivity contribution in [3.63, 3.8) is 0 Å². The van der Waals surface area contributed by atoms with Crippen molar-refractivity contribution in [3.05, 3.63) is 69.6 Å². The molecule has 0 bridgehead atoms. The van der Waals surface area contributed by atoms with Gasteiger partial charge in [0.1, 0.15) is 11.6 Å². The Morgan fingerprint density at radius 3 is 2.73 bits per heavy atom. The summed E-state index contributed by atoms with van der Waals surface area (Å²) in [6, 6.07) is 9.73. The Kier molecular flexibility index (Phi) is 3.60. The molecule has 0 aliphatic heterocycles. The van der Waals surface area contributed by atoms with Gasteiger partial charge in [-0.25, -0.2) is 4.39 Å². The largest absolute Gasteiger partial charge is 0.449 e. The standard InChI is InChI=1S/C15H8ClFN2O3/c16-9-1-3-11-12(7-9)18-6-5-14(11)22-15-4-2-10(17)8-13(15)19(20)21/h1-8H. The first-order valence-electron chi connectivity index (χ1n) is 6.20. The summed E-state index contributed by atoms with van der Waals surface area (Å²) < 4.78 is 18.7. The lowest BCUT2D eigenvalue weighted by Gasteiger charge is -2.09. The third-order valence-electron chi connectivity index (χ3n) is 3.00. The van der Waals surface area contributed by atoms with Crippen LogP contribution in [0.25, 0.3) is 10.9 Å². The number of aromatic nitrogens is 1. The van der Waals surface area contributed by atoms with E-state index in [2.05, 4.69) is 4.98 Å². The molecule has 0 aliphatic rings. The average Bonchev–Trinajstić information content (AvgIpc) is 2.48. The van der Waals surface area contributed by atoms with Crippen molar-refractivity contribution in [1.29, 1.82) is 0 Å². The second kappa shape index (κ2) is 5.57. The Balaban J connectivity index is 2.09. The van der Waals surface area contributed by atoms with E-state index in [1.54, 1.807) is 24.3 Å². The summed E-state index contributed by atoms with van der Waals surface area (Å²) in [6.07, 6.45) is 1.50. The molecule has 0 amide bonds. The predicted octanol–water partition coefficient (Wildman–Crippen LogP) is 4.73. The van der Waals surface area contributed by atoms with Gasteiger partial charge in [-0.1, -0.05) is 11.6 Å². The monoisotopic (exact) mass is 318 g/mol. The first kappa shape index (κ1) is 14.2. The zero-order valence-corrected chi connectivity index (χ0v) is 11.7. The maximum absolute atomic E-state index is 13.2. The van der Waals surface area contributed by atoms with Crippen LogP contribution in [0.3, 0.4) is 0 Å². The van der Waals surface area contributed by atoms with Gasteiger partial charge in [0.05, 0.1) is 16.5 Å².